The van der Waals surface area contributed by atoms with E-state index in [1.165, 1.54) is 18.4 Å². The van der Waals surface area contributed by atoms with Crippen molar-refractivity contribution in [2.24, 2.45) is 5.92 Å². The van der Waals surface area contributed by atoms with Crippen LogP contribution in [-0.2, 0) is 19.1 Å². The van der Waals surface area contributed by atoms with Crippen molar-refractivity contribution in [3.63, 3.8) is 0 Å². The summed E-state index contributed by atoms with van der Waals surface area (Å²) in [5, 5.41) is 9.89. The number of nitrogens with one attached hydrogen (secondary N) is 3. The first-order valence-corrected chi connectivity index (χ1v) is 15.9. The van der Waals surface area contributed by atoms with Gasteiger partial charge < -0.3 is 34.9 Å². The Morgan fingerprint density at radius 1 is 1.05 bits per heavy atom. The molecule has 1 fully saturated rings. The summed E-state index contributed by atoms with van der Waals surface area (Å²) >= 11 is 4.76. The summed E-state index contributed by atoms with van der Waals surface area (Å²) in [6.45, 7) is 6.60. The van der Waals surface area contributed by atoms with Crippen molar-refractivity contribution < 1.29 is 33.3 Å². The summed E-state index contributed by atoms with van der Waals surface area (Å²) in [4.78, 5) is 39.5. The van der Waals surface area contributed by atoms with Gasteiger partial charge in [-0.2, -0.15) is 0 Å². The van der Waals surface area contributed by atoms with E-state index in [0.29, 0.717) is 20.8 Å². The lowest BCUT2D eigenvalue weighted by Gasteiger charge is -2.31. The molecule has 1 aliphatic heterocycles. The molecule has 0 bridgehead atoms. The number of amides is 1. The van der Waals surface area contributed by atoms with Crippen LogP contribution < -0.4 is 25.4 Å². The predicted molar refractivity (Wildman–Crippen MR) is 175 cm³/mol. The van der Waals surface area contributed by atoms with E-state index in [0.717, 1.165) is 37.2 Å². The minimum Gasteiger partial charge on any atom is -0.497 e. The average Bonchev–Trinajstić information content (AvgIpc) is 3.34. The Morgan fingerprint density at radius 2 is 1.75 bits per heavy atom. The van der Waals surface area contributed by atoms with Crippen molar-refractivity contribution in [2.75, 3.05) is 44.5 Å². The normalized spacial score (nSPS) is 14.3. The Labute approximate surface area is 269 Å². The summed E-state index contributed by atoms with van der Waals surface area (Å²) in [7, 11) is 2.89. The highest BCUT2D eigenvalue weighted by atomic mass is 79.9. The van der Waals surface area contributed by atoms with Gasteiger partial charge in [-0.25, -0.2) is 9.59 Å². The van der Waals surface area contributed by atoms with Gasteiger partial charge in [0, 0.05) is 11.4 Å². The lowest BCUT2D eigenvalue weighted by atomic mass is 9.89. The highest BCUT2D eigenvalue weighted by Crippen LogP contribution is 2.46. The molecule has 236 valence electrons. The number of carbonyl (C=O) groups is 3. The monoisotopic (exact) mass is 687 g/mol. The van der Waals surface area contributed by atoms with E-state index in [-0.39, 0.29) is 29.1 Å². The molecule has 1 saturated heterocycles. The molecule has 0 aliphatic carbocycles. The van der Waals surface area contributed by atoms with E-state index in [1.54, 1.807) is 40.0 Å². The number of piperidine rings is 1. The Balaban J connectivity index is 1.59. The third kappa shape index (κ3) is 8.73. The van der Waals surface area contributed by atoms with Gasteiger partial charge in [0.05, 0.1) is 23.6 Å². The smallest absolute Gasteiger partial charge is 0.351 e. The number of halogens is 1. The van der Waals surface area contributed by atoms with Crippen molar-refractivity contribution in [3.05, 3.63) is 57.9 Å². The number of hydrogen-bond donors (Lipinski definition) is 3. The number of rotatable bonds is 11. The Kier molecular flexibility index (Phi) is 11.3. The van der Waals surface area contributed by atoms with Gasteiger partial charge in [-0.05, 0) is 111 Å². The fraction of sp³-hybridized carbons (Fsp3) is 0.406. The number of esters is 2. The number of benzene rings is 2. The Hall–Kier alpha value is -3.61. The van der Waals surface area contributed by atoms with E-state index in [2.05, 4.69) is 31.9 Å². The molecule has 12 heteroatoms. The molecule has 2 aromatic carbocycles. The van der Waals surface area contributed by atoms with Crippen molar-refractivity contribution >= 4 is 56.5 Å². The van der Waals surface area contributed by atoms with Gasteiger partial charge >= 0.3 is 11.9 Å². The molecule has 44 heavy (non-hydrogen) atoms. The quantitative estimate of drug-likeness (QED) is 0.205. The minimum absolute atomic E-state index is 0.116. The van der Waals surface area contributed by atoms with Gasteiger partial charge in [-0.3, -0.25) is 4.79 Å². The maximum Gasteiger partial charge on any atom is 0.351 e. The van der Waals surface area contributed by atoms with E-state index in [9.17, 15) is 14.4 Å². The molecule has 4 rings (SSSR count). The molecular weight excluding hydrogens is 650 g/mol. The summed E-state index contributed by atoms with van der Waals surface area (Å²) in [6.07, 6.45) is 1.70. The van der Waals surface area contributed by atoms with Crippen LogP contribution in [0.1, 0.15) is 43.3 Å². The van der Waals surface area contributed by atoms with Gasteiger partial charge in [-0.1, -0.05) is 12.1 Å². The Morgan fingerprint density at radius 3 is 2.39 bits per heavy atom. The van der Waals surface area contributed by atoms with Crippen LogP contribution in [0.3, 0.4) is 0 Å². The number of methoxy groups -OCH3 is 2. The van der Waals surface area contributed by atoms with Crippen molar-refractivity contribution in [1.82, 2.24) is 5.32 Å². The molecule has 1 amide bonds. The van der Waals surface area contributed by atoms with Crippen LogP contribution in [0, 0.1) is 5.92 Å². The molecule has 0 saturated carbocycles. The van der Waals surface area contributed by atoms with Gasteiger partial charge in [0.1, 0.15) is 17.4 Å². The van der Waals surface area contributed by atoms with Gasteiger partial charge in [0.15, 0.2) is 17.2 Å². The molecule has 1 aromatic heterocycles. The molecule has 10 nitrogen and oxygen atoms in total. The molecule has 1 atom stereocenters. The van der Waals surface area contributed by atoms with Crippen molar-refractivity contribution in [3.8, 4) is 21.9 Å². The van der Waals surface area contributed by atoms with E-state index in [1.807, 2.05) is 36.4 Å². The van der Waals surface area contributed by atoms with Crippen LogP contribution in [0.15, 0.2) is 53.0 Å². The fourth-order valence-corrected chi connectivity index (χ4v) is 6.81. The number of thiophene rings is 1. The zero-order valence-electron chi connectivity index (χ0n) is 25.5. The first kappa shape index (κ1) is 33.3. The second kappa shape index (κ2) is 14.9. The molecule has 1 aliphatic rings. The number of hydrogen-bond acceptors (Lipinski definition) is 10. The number of carbonyl (C=O) groups excluding carboxylic acids is 3. The van der Waals surface area contributed by atoms with Crippen LogP contribution in [0.5, 0.6) is 11.5 Å². The molecule has 0 radical (unpaired) electrons. The molecular formula is C32H38BrN3O7S. The average molecular weight is 689 g/mol. The Bertz CT molecular complexity index is 1460. The SMILES string of the molecule is COC(=O)c1sc(-c2cccc(NC(C(=O)Nc3ccc(OC)cc3)C3CCNCC3)c2)c(Br)c1OCC(=O)OC(C)(C)C. The highest BCUT2D eigenvalue weighted by molar-refractivity contribution is 9.10. The molecule has 0 spiro atoms. The predicted octanol–water partition coefficient (Wildman–Crippen LogP) is 6.11. The second-order valence-electron chi connectivity index (χ2n) is 11.3. The zero-order chi connectivity index (χ0) is 31.9. The topological polar surface area (TPSA) is 124 Å². The molecule has 1 unspecified atom stereocenters. The maximum absolute atomic E-state index is 13.6. The van der Waals surface area contributed by atoms with E-state index in [4.69, 9.17) is 18.9 Å². The third-order valence-corrected chi connectivity index (χ3v) is 9.10. The third-order valence-electron chi connectivity index (χ3n) is 6.88. The van der Waals surface area contributed by atoms with Crippen LogP contribution in [0.25, 0.3) is 10.4 Å². The summed E-state index contributed by atoms with van der Waals surface area (Å²) in [5.41, 5.74) is 1.53. The van der Waals surface area contributed by atoms with Crippen LogP contribution in [0.2, 0.25) is 0 Å². The zero-order valence-corrected chi connectivity index (χ0v) is 27.9. The largest absolute Gasteiger partial charge is 0.497 e. The van der Waals surface area contributed by atoms with Gasteiger partial charge in [0.25, 0.3) is 0 Å². The summed E-state index contributed by atoms with van der Waals surface area (Å²) in [5.74, 6) is -0.248. The van der Waals surface area contributed by atoms with Crippen LogP contribution in [0.4, 0.5) is 11.4 Å². The van der Waals surface area contributed by atoms with Crippen LogP contribution >= 0.6 is 27.3 Å². The minimum atomic E-state index is -0.673. The highest BCUT2D eigenvalue weighted by Gasteiger charge is 2.31. The summed E-state index contributed by atoms with van der Waals surface area (Å²) < 4.78 is 21.9. The second-order valence-corrected chi connectivity index (χ2v) is 13.1. The van der Waals surface area contributed by atoms with Crippen molar-refractivity contribution in [2.45, 2.75) is 45.3 Å². The summed E-state index contributed by atoms with van der Waals surface area (Å²) in [6, 6.07) is 14.3. The maximum atomic E-state index is 13.6. The number of anilines is 2. The van der Waals surface area contributed by atoms with Crippen LogP contribution in [-0.4, -0.2) is 63.4 Å². The molecule has 3 N–H and O–H groups in total. The lowest BCUT2D eigenvalue weighted by Crippen LogP contribution is -2.45. The molecule has 2 heterocycles. The van der Waals surface area contributed by atoms with Gasteiger partial charge in [-0.15, -0.1) is 11.3 Å². The van der Waals surface area contributed by atoms with Gasteiger partial charge in [0.2, 0.25) is 5.91 Å². The first-order valence-electron chi connectivity index (χ1n) is 14.3. The number of ether oxygens (including phenoxy) is 4. The van der Waals surface area contributed by atoms with Crippen molar-refractivity contribution in [1.29, 1.82) is 0 Å². The standard InChI is InChI=1S/C32H38BrN3O7S/c1-32(2,3)43-24(37)18-42-27-25(33)28(44-29(27)31(39)41-5)20-7-6-8-22(17-20)35-26(19-13-15-34-16-14-19)30(38)36-21-9-11-23(40-4)12-10-21/h6-12,17,19,26,34-35H,13-16,18H2,1-5H3,(H,36,38). The first-order chi connectivity index (χ1) is 21.0. The lowest BCUT2D eigenvalue weighted by molar-refractivity contribution is -0.157. The van der Waals surface area contributed by atoms with E-state index >= 15 is 0 Å². The van der Waals surface area contributed by atoms with E-state index < -0.39 is 23.6 Å². The fourth-order valence-electron chi connectivity index (χ4n) is 4.84. The molecule has 3 aromatic rings.